The van der Waals surface area contributed by atoms with Gasteiger partial charge in [-0.3, -0.25) is 9.69 Å². The molecule has 1 unspecified atom stereocenters. The van der Waals surface area contributed by atoms with Crippen molar-refractivity contribution in [3.05, 3.63) is 65.7 Å². The normalized spacial score (nSPS) is 16.5. The number of alkyl halides is 3. The van der Waals surface area contributed by atoms with Crippen molar-refractivity contribution < 1.29 is 27.5 Å². The molecule has 1 aliphatic rings. The summed E-state index contributed by atoms with van der Waals surface area (Å²) in [4.78, 5) is 17.9. The van der Waals surface area contributed by atoms with Gasteiger partial charge in [0.1, 0.15) is 5.75 Å². The number of nitrogens with two attached hydrogens (primary N) is 1. The second-order valence-corrected chi connectivity index (χ2v) is 5.58. The molecule has 1 aliphatic heterocycles. The minimum atomic E-state index is -4.77. The van der Waals surface area contributed by atoms with E-state index in [1.807, 2.05) is 30.3 Å². The molecule has 1 atom stereocenters. The Morgan fingerprint density at radius 2 is 1.85 bits per heavy atom. The van der Waals surface area contributed by atoms with Crippen LogP contribution in [0, 0.1) is 0 Å². The molecule has 0 saturated heterocycles. The molecule has 1 heterocycles. The molecule has 2 aromatic rings. The van der Waals surface area contributed by atoms with Gasteiger partial charge in [0, 0.05) is 12.1 Å². The largest absolute Gasteiger partial charge is 0.573 e. The molecule has 2 N–H and O–H groups in total. The van der Waals surface area contributed by atoms with Crippen molar-refractivity contribution in [2.45, 2.75) is 19.3 Å². The lowest BCUT2D eigenvalue weighted by Crippen LogP contribution is -2.50. The van der Waals surface area contributed by atoms with E-state index in [2.05, 4.69) is 9.89 Å². The van der Waals surface area contributed by atoms with Gasteiger partial charge in [-0.1, -0.05) is 35.5 Å². The summed E-state index contributed by atoms with van der Waals surface area (Å²) in [5.41, 5.74) is 1.37. The highest BCUT2D eigenvalue weighted by Crippen LogP contribution is 2.26. The predicted octanol–water partition coefficient (Wildman–Crippen LogP) is 2.39. The van der Waals surface area contributed by atoms with Crippen LogP contribution >= 0.6 is 0 Å². The van der Waals surface area contributed by atoms with E-state index in [9.17, 15) is 18.0 Å². The SMILES string of the molecule is NN(C=O)C1ON=C(c2ccc(OC(F)(F)F)cc2)N1Cc1ccccc1. The zero-order valence-electron chi connectivity index (χ0n) is 13.8. The average Bonchev–Trinajstić information content (AvgIpc) is 3.05. The summed E-state index contributed by atoms with van der Waals surface area (Å²) >= 11 is 0. The molecule has 3 rings (SSSR count). The van der Waals surface area contributed by atoms with Gasteiger partial charge in [-0.05, 0) is 29.8 Å². The van der Waals surface area contributed by atoms with Crippen molar-refractivity contribution in [3.8, 4) is 5.75 Å². The van der Waals surface area contributed by atoms with Gasteiger partial charge < -0.3 is 9.57 Å². The first-order valence-electron chi connectivity index (χ1n) is 7.76. The number of amidine groups is 1. The number of oxime groups is 1. The van der Waals surface area contributed by atoms with Crippen LogP contribution < -0.4 is 10.6 Å². The van der Waals surface area contributed by atoms with E-state index in [1.54, 1.807) is 4.90 Å². The van der Waals surface area contributed by atoms with Crippen molar-refractivity contribution in [2.24, 2.45) is 11.0 Å². The van der Waals surface area contributed by atoms with Crippen molar-refractivity contribution in [2.75, 3.05) is 0 Å². The molecule has 0 saturated carbocycles. The molecular weight excluding hydrogens is 365 g/mol. The maximum atomic E-state index is 12.3. The molecule has 0 aliphatic carbocycles. The molecule has 0 bridgehead atoms. The summed E-state index contributed by atoms with van der Waals surface area (Å²) < 4.78 is 40.8. The fourth-order valence-corrected chi connectivity index (χ4v) is 2.54. The molecule has 0 spiro atoms. The van der Waals surface area contributed by atoms with Gasteiger partial charge in [0.2, 0.25) is 6.41 Å². The van der Waals surface area contributed by atoms with Crippen molar-refractivity contribution in [1.82, 2.24) is 9.91 Å². The molecular formula is C17H15F3N4O3. The number of rotatable bonds is 6. The van der Waals surface area contributed by atoms with Gasteiger partial charge in [0.25, 0.3) is 6.35 Å². The van der Waals surface area contributed by atoms with E-state index in [0.29, 0.717) is 24.4 Å². The highest BCUT2D eigenvalue weighted by Gasteiger charge is 2.35. The Morgan fingerprint density at radius 3 is 2.44 bits per heavy atom. The minimum absolute atomic E-state index is 0.312. The average molecular weight is 380 g/mol. The summed E-state index contributed by atoms with van der Waals surface area (Å²) in [7, 11) is 0. The fraction of sp³-hybridized carbons (Fsp3) is 0.176. The Bertz CT molecular complexity index is 812. The lowest BCUT2D eigenvalue weighted by atomic mass is 10.1. The smallest absolute Gasteiger partial charge is 0.406 e. The number of carbonyl (C=O) groups is 1. The molecule has 7 nitrogen and oxygen atoms in total. The highest BCUT2D eigenvalue weighted by atomic mass is 19.4. The zero-order chi connectivity index (χ0) is 19.4. The molecule has 0 fully saturated rings. The van der Waals surface area contributed by atoms with E-state index >= 15 is 0 Å². The number of benzene rings is 2. The number of hydrogen-bond donors (Lipinski definition) is 1. The number of amides is 1. The number of nitrogens with zero attached hydrogens (tertiary/aromatic N) is 3. The highest BCUT2D eigenvalue weighted by molar-refractivity contribution is 5.99. The van der Waals surface area contributed by atoms with Crippen molar-refractivity contribution in [3.63, 3.8) is 0 Å². The number of hydrogen-bond acceptors (Lipinski definition) is 6. The first kappa shape index (κ1) is 18.5. The fourth-order valence-electron chi connectivity index (χ4n) is 2.54. The summed E-state index contributed by atoms with van der Waals surface area (Å²) in [6.07, 6.45) is -5.37. The topological polar surface area (TPSA) is 80.4 Å². The quantitative estimate of drug-likeness (QED) is 0.360. The molecule has 1 amide bonds. The van der Waals surface area contributed by atoms with Crippen molar-refractivity contribution >= 4 is 12.2 Å². The summed E-state index contributed by atoms with van der Waals surface area (Å²) in [6, 6.07) is 14.4. The van der Waals surface area contributed by atoms with Gasteiger partial charge in [-0.25, -0.2) is 10.9 Å². The minimum Gasteiger partial charge on any atom is -0.406 e. The summed E-state index contributed by atoms with van der Waals surface area (Å²) in [5, 5.41) is 4.74. The maximum Gasteiger partial charge on any atom is 0.573 e. The van der Waals surface area contributed by atoms with Crippen LogP contribution in [0.3, 0.4) is 0 Å². The summed E-state index contributed by atoms with van der Waals surface area (Å²) in [6.45, 7) is 0.312. The van der Waals surface area contributed by atoms with Crippen LogP contribution in [0.5, 0.6) is 5.75 Å². The van der Waals surface area contributed by atoms with E-state index in [4.69, 9.17) is 10.7 Å². The predicted molar refractivity (Wildman–Crippen MR) is 88.6 cm³/mol. The van der Waals surface area contributed by atoms with Crippen LogP contribution in [-0.4, -0.2) is 34.9 Å². The monoisotopic (exact) mass is 380 g/mol. The first-order valence-corrected chi connectivity index (χ1v) is 7.76. The van der Waals surface area contributed by atoms with Gasteiger partial charge in [-0.15, -0.1) is 13.2 Å². The van der Waals surface area contributed by atoms with Crippen LogP contribution in [0.4, 0.5) is 13.2 Å². The van der Waals surface area contributed by atoms with Crippen LogP contribution in [-0.2, 0) is 16.2 Å². The standard InChI is InChI=1S/C17H15F3N4O3/c18-17(19,20)26-14-8-6-13(7-9-14)15-22-27-16(24(21)11-25)23(15)10-12-4-2-1-3-5-12/h1-9,11,16H,10,21H2. The van der Waals surface area contributed by atoms with Crippen LogP contribution in [0.2, 0.25) is 0 Å². The van der Waals surface area contributed by atoms with Crippen LogP contribution in [0.15, 0.2) is 59.8 Å². The zero-order valence-corrected chi connectivity index (χ0v) is 13.8. The Morgan fingerprint density at radius 1 is 1.19 bits per heavy atom. The van der Waals surface area contributed by atoms with Crippen LogP contribution in [0.1, 0.15) is 11.1 Å². The van der Waals surface area contributed by atoms with E-state index < -0.39 is 12.7 Å². The van der Waals surface area contributed by atoms with E-state index in [-0.39, 0.29) is 5.75 Å². The Hall–Kier alpha value is -3.27. The third-order valence-corrected chi connectivity index (χ3v) is 3.69. The third-order valence-electron chi connectivity index (χ3n) is 3.69. The van der Waals surface area contributed by atoms with E-state index in [0.717, 1.165) is 10.6 Å². The number of ether oxygens (including phenoxy) is 1. The number of halogens is 3. The lowest BCUT2D eigenvalue weighted by Gasteiger charge is -2.28. The molecule has 0 radical (unpaired) electrons. The van der Waals surface area contributed by atoms with Gasteiger partial charge in [0.15, 0.2) is 5.84 Å². The van der Waals surface area contributed by atoms with Gasteiger partial charge in [-0.2, -0.15) is 0 Å². The molecule has 142 valence electrons. The van der Waals surface area contributed by atoms with E-state index in [1.165, 1.54) is 24.3 Å². The summed E-state index contributed by atoms with van der Waals surface area (Å²) in [5.74, 6) is 5.60. The molecule has 0 aromatic heterocycles. The second-order valence-electron chi connectivity index (χ2n) is 5.58. The Labute approximate surface area is 152 Å². The molecule has 27 heavy (non-hydrogen) atoms. The number of carbonyl (C=O) groups excluding carboxylic acids is 1. The maximum absolute atomic E-state index is 12.3. The molecule has 10 heteroatoms. The Balaban J connectivity index is 1.84. The van der Waals surface area contributed by atoms with Gasteiger partial charge in [0.05, 0.1) is 0 Å². The van der Waals surface area contributed by atoms with Crippen LogP contribution in [0.25, 0.3) is 0 Å². The number of hydrazine groups is 1. The molecule has 2 aromatic carbocycles. The Kier molecular flexibility index (Phi) is 5.17. The lowest BCUT2D eigenvalue weighted by molar-refractivity contribution is -0.274. The van der Waals surface area contributed by atoms with Gasteiger partial charge >= 0.3 is 6.36 Å². The second kappa shape index (κ2) is 7.54. The third kappa shape index (κ3) is 4.47. The first-order chi connectivity index (χ1) is 12.9. The van der Waals surface area contributed by atoms with Crippen molar-refractivity contribution in [1.29, 1.82) is 0 Å².